The maximum absolute atomic E-state index is 12.6. The lowest BCUT2D eigenvalue weighted by Crippen LogP contribution is -2.30. The maximum atomic E-state index is 12.6. The summed E-state index contributed by atoms with van der Waals surface area (Å²) >= 11 is 5.29. The molecule has 21 heavy (non-hydrogen) atoms. The standard InChI is InChI=1S/C15H14N4OS/c1-10-5-3-4-6-13(10)19-14(20)12(16-15(19)21)9-11-7-8-18(2)17-11/h3-9H,1-2H3,(H,16,21)/b12-9+. The third-order valence-electron chi connectivity index (χ3n) is 3.26. The van der Waals surface area contributed by atoms with Crippen LogP contribution < -0.4 is 10.2 Å². The Morgan fingerprint density at radius 1 is 1.29 bits per heavy atom. The van der Waals surface area contributed by atoms with Gasteiger partial charge in [0.25, 0.3) is 5.91 Å². The van der Waals surface area contributed by atoms with Crippen molar-refractivity contribution in [3.63, 3.8) is 0 Å². The van der Waals surface area contributed by atoms with Gasteiger partial charge in [0, 0.05) is 13.2 Å². The summed E-state index contributed by atoms with van der Waals surface area (Å²) in [6.45, 7) is 1.95. The molecule has 0 atom stereocenters. The fourth-order valence-corrected chi connectivity index (χ4v) is 2.52. The first-order chi connectivity index (χ1) is 10.1. The fraction of sp³-hybridized carbons (Fsp3) is 0.133. The molecule has 1 N–H and O–H groups in total. The molecule has 0 unspecified atom stereocenters. The lowest BCUT2D eigenvalue weighted by Gasteiger charge is -2.16. The molecule has 0 aliphatic carbocycles. The Labute approximate surface area is 127 Å². The molecule has 5 nitrogen and oxygen atoms in total. The lowest BCUT2D eigenvalue weighted by molar-refractivity contribution is -0.113. The van der Waals surface area contributed by atoms with Crippen LogP contribution in [-0.2, 0) is 11.8 Å². The summed E-state index contributed by atoms with van der Waals surface area (Å²) < 4.78 is 1.68. The highest BCUT2D eigenvalue weighted by Crippen LogP contribution is 2.25. The molecule has 1 fully saturated rings. The van der Waals surface area contributed by atoms with Crippen molar-refractivity contribution in [3.05, 3.63) is 53.5 Å². The van der Waals surface area contributed by atoms with Crippen molar-refractivity contribution >= 4 is 35.0 Å². The summed E-state index contributed by atoms with van der Waals surface area (Å²) in [5.41, 5.74) is 2.93. The van der Waals surface area contributed by atoms with E-state index < -0.39 is 0 Å². The number of nitrogens with one attached hydrogen (secondary N) is 1. The van der Waals surface area contributed by atoms with E-state index in [1.807, 2.05) is 50.5 Å². The lowest BCUT2D eigenvalue weighted by atomic mass is 10.2. The number of nitrogens with zero attached hydrogens (tertiary/aromatic N) is 3. The number of anilines is 1. The number of aromatic nitrogens is 2. The number of hydrogen-bond acceptors (Lipinski definition) is 3. The first-order valence-electron chi connectivity index (χ1n) is 6.48. The third-order valence-corrected chi connectivity index (χ3v) is 3.55. The highest BCUT2D eigenvalue weighted by molar-refractivity contribution is 7.80. The second kappa shape index (κ2) is 5.14. The number of hydrogen-bond donors (Lipinski definition) is 1. The van der Waals surface area contributed by atoms with Crippen LogP contribution in [0.2, 0.25) is 0 Å². The third kappa shape index (κ3) is 2.45. The summed E-state index contributed by atoms with van der Waals surface area (Å²) in [5, 5.41) is 7.58. The van der Waals surface area contributed by atoms with Gasteiger partial charge in [-0.3, -0.25) is 14.4 Å². The number of rotatable bonds is 2. The van der Waals surface area contributed by atoms with Gasteiger partial charge in [0.1, 0.15) is 5.70 Å². The van der Waals surface area contributed by atoms with E-state index in [1.54, 1.807) is 10.8 Å². The molecule has 3 rings (SSSR count). The summed E-state index contributed by atoms with van der Waals surface area (Å²) in [7, 11) is 1.83. The normalized spacial score (nSPS) is 16.7. The molecule has 0 saturated carbocycles. The Balaban J connectivity index is 1.96. The predicted octanol–water partition coefficient (Wildman–Crippen LogP) is 1.99. The Morgan fingerprint density at radius 3 is 2.71 bits per heavy atom. The highest BCUT2D eigenvalue weighted by atomic mass is 32.1. The monoisotopic (exact) mass is 298 g/mol. The molecule has 1 aromatic heterocycles. The SMILES string of the molecule is Cc1ccccc1N1C(=O)/C(=C\c2ccn(C)n2)NC1=S. The molecule has 2 heterocycles. The first kappa shape index (κ1) is 13.5. The van der Waals surface area contributed by atoms with Crippen LogP contribution in [0, 0.1) is 6.92 Å². The van der Waals surface area contributed by atoms with Crippen molar-refractivity contribution in [1.29, 1.82) is 0 Å². The predicted molar refractivity (Wildman–Crippen MR) is 85.6 cm³/mol. The van der Waals surface area contributed by atoms with E-state index >= 15 is 0 Å². The van der Waals surface area contributed by atoms with Gasteiger partial charge in [-0.25, -0.2) is 0 Å². The number of thiocarbonyl (C=S) groups is 1. The van der Waals surface area contributed by atoms with E-state index in [0.29, 0.717) is 16.5 Å². The summed E-state index contributed by atoms with van der Waals surface area (Å²) in [4.78, 5) is 14.1. The van der Waals surface area contributed by atoms with Crippen molar-refractivity contribution in [1.82, 2.24) is 15.1 Å². The molecule has 1 aliphatic heterocycles. The van der Waals surface area contributed by atoms with Gasteiger partial charge in [-0.15, -0.1) is 0 Å². The number of para-hydroxylation sites is 1. The van der Waals surface area contributed by atoms with Gasteiger partial charge < -0.3 is 5.32 Å². The quantitative estimate of drug-likeness (QED) is 0.680. The van der Waals surface area contributed by atoms with E-state index in [-0.39, 0.29) is 5.91 Å². The summed E-state index contributed by atoms with van der Waals surface area (Å²) in [5.74, 6) is -0.167. The number of amides is 1. The molecule has 106 valence electrons. The van der Waals surface area contributed by atoms with Gasteiger partial charge in [0.05, 0.1) is 11.4 Å². The van der Waals surface area contributed by atoms with Gasteiger partial charge in [-0.05, 0) is 42.9 Å². The van der Waals surface area contributed by atoms with Crippen molar-refractivity contribution in [2.75, 3.05) is 4.90 Å². The average molecular weight is 298 g/mol. The number of carbonyl (C=O) groups is 1. The zero-order valence-corrected chi connectivity index (χ0v) is 12.5. The zero-order chi connectivity index (χ0) is 15.0. The highest BCUT2D eigenvalue weighted by Gasteiger charge is 2.32. The van der Waals surface area contributed by atoms with E-state index in [2.05, 4.69) is 10.4 Å². The van der Waals surface area contributed by atoms with Crippen LogP contribution in [0.15, 0.2) is 42.2 Å². The minimum atomic E-state index is -0.167. The molecular weight excluding hydrogens is 284 g/mol. The molecule has 1 saturated heterocycles. The molecule has 1 aliphatic rings. The van der Waals surface area contributed by atoms with Crippen LogP contribution in [0.25, 0.3) is 6.08 Å². The van der Waals surface area contributed by atoms with Crippen LogP contribution in [-0.4, -0.2) is 20.8 Å². The molecule has 1 amide bonds. The van der Waals surface area contributed by atoms with Gasteiger partial charge in [-0.2, -0.15) is 5.10 Å². The van der Waals surface area contributed by atoms with Crippen LogP contribution in [0.5, 0.6) is 0 Å². The average Bonchev–Trinajstić information content (AvgIpc) is 2.96. The molecule has 0 spiro atoms. The molecule has 1 aromatic carbocycles. The zero-order valence-electron chi connectivity index (χ0n) is 11.7. The number of carbonyl (C=O) groups excluding carboxylic acids is 1. The minimum Gasteiger partial charge on any atom is -0.327 e. The Morgan fingerprint density at radius 2 is 2.05 bits per heavy atom. The molecule has 6 heteroatoms. The van der Waals surface area contributed by atoms with Gasteiger partial charge in [0.15, 0.2) is 5.11 Å². The van der Waals surface area contributed by atoms with E-state index in [4.69, 9.17) is 12.2 Å². The number of benzene rings is 1. The van der Waals surface area contributed by atoms with Crippen molar-refractivity contribution in [3.8, 4) is 0 Å². The maximum Gasteiger partial charge on any atom is 0.281 e. The summed E-state index contributed by atoms with van der Waals surface area (Å²) in [6.07, 6.45) is 3.52. The van der Waals surface area contributed by atoms with Gasteiger partial charge >= 0.3 is 0 Å². The van der Waals surface area contributed by atoms with E-state index in [9.17, 15) is 4.79 Å². The number of aryl methyl sites for hydroxylation is 2. The molecular formula is C15H14N4OS. The smallest absolute Gasteiger partial charge is 0.281 e. The molecule has 0 bridgehead atoms. The van der Waals surface area contributed by atoms with Crippen LogP contribution in [0.1, 0.15) is 11.3 Å². The van der Waals surface area contributed by atoms with Crippen molar-refractivity contribution in [2.24, 2.45) is 7.05 Å². The van der Waals surface area contributed by atoms with Crippen molar-refractivity contribution in [2.45, 2.75) is 6.92 Å². The Kier molecular flexibility index (Phi) is 3.31. The Bertz CT molecular complexity index is 763. The second-order valence-electron chi connectivity index (χ2n) is 4.83. The minimum absolute atomic E-state index is 0.167. The molecule has 2 aromatic rings. The first-order valence-corrected chi connectivity index (χ1v) is 6.89. The van der Waals surface area contributed by atoms with Crippen LogP contribution in [0.4, 0.5) is 5.69 Å². The Hall–Kier alpha value is -2.47. The van der Waals surface area contributed by atoms with Gasteiger partial charge in [0.2, 0.25) is 0 Å². The topological polar surface area (TPSA) is 50.2 Å². The van der Waals surface area contributed by atoms with Gasteiger partial charge in [-0.1, -0.05) is 18.2 Å². The van der Waals surface area contributed by atoms with E-state index in [1.165, 1.54) is 4.90 Å². The molecule has 0 radical (unpaired) electrons. The van der Waals surface area contributed by atoms with E-state index in [0.717, 1.165) is 11.3 Å². The largest absolute Gasteiger partial charge is 0.327 e. The van der Waals surface area contributed by atoms with Crippen molar-refractivity contribution < 1.29 is 4.79 Å². The second-order valence-corrected chi connectivity index (χ2v) is 5.22. The summed E-state index contributed by atoms with van der Waals surface area (Å²) in [6, 6.07) is 9.48. The van der Waals surface area contributed by atoms with Crippen LogP contribution >= 0.6 is 12.2 Å². The fourth-order valence-electron chi connectivity index (χ4n) is 2.23. The van der Waals surface area contributed by atoms with Crippen LogP contribution in [0.3, 0.4) is 0 Å².